The van der Waals surface area contributed by atoms with Crippen LogP contribution < -0.4 is 5.73 Å². The van der Waals surface area contributed by atoms with E-state index in [2.05, 4.69) is 10.3 Å². The molecule has 7 nitrogen and oxygen atoms in total. The lowest BCUT2D eigenvalue weighted by atomic mass is 9.67. The van der Waals surface area contributed by atoms with E-state index in [1.807, 2.05) is 13.2 Å². The number of hydrogen-bond donors (Lipinski definition) is 2. The molecule has 1 aliphatic carbocycles. The van der Waals surface area contributed by atoms with Crippen molar-refractivity contribution < 1.29 is 10.0 Å². The van der Waals surface area contributed by atoms with Crippen LogP contribution in [-0.2, 0) is 18.4 Å². The van der Waals surface area contributed by atoms with Crippen molar-refractivity contribution in [3.8, 4) is 0 Å². The summed E-state index contributed by atoms with van der Waals surface area (Å²) in [6.45, 7) is 0.465. The highest BCUT2D eigenvalue weighted by Crippen LogP contribution is 2.42. The van der Waals surface area contributed by atoms with Crippen LogP contribution >= 0.6 is 0 Å². The number of rotatable bonds is 4. The van der Waals surface area contributed by atoms with Crippen molar-refractivity contribution in [2.75, 3.05) is 7.05 Å². The first-order valence-corrected chi connectivity index (χ1v) is 6.21. The lowest BCUT2D eigenvalue weighted by Gasteiger charge is -2.41. The van der Waals surface area contributed by atoms with Gasteiger partial charge in [-0.1, -0.05) is 11.6 Å². The van der Waals surface area contributed by atoms with Gasteiger partial charge >= 0.3 is 0 Å². The Labute approximate surface area is 111 Å². The van der Waals surface area contributed by atoms with Gasteiger partial charge in [-0.3, -0.25) is 9.48 Å². The molecule has 0 aromatic carbocycles. The second kappa shape index (κ2) is 4.91. The van der Waals surface area contributed by atoms with Gasteiger partial charge in [-0.15, -0.1) is 0 Å². The molecule has 0 saturated heterocycles. The predicted molar refractivity (Wildman–Crippen MR) is 69.4 cm³/mol. The molecule has 3 N–H and O–H groups in total. The lowest BCUT2D eigenvalue weighted by Crippen LogP contribution is -2.54. The summed E-state index contributed by atoms with van der Waals surface area (Å²) >= 11 is 0. The van der Waals surface area contributed by atoms with Crippen LogP contribution in [-0.4, -0.2) is 38.7 Å². The average Bonchev–Trinajstić information content (AvgIpc) is 2.72. The summed E-state index contributed by atoms with van der Waals surface area (Å²) in [4.78, 5) is 14.1. The fourth-order valence-corrected chi connectivity index (χ4v) is 2.47. The molecule has 1 aromatic rings. The molecule has 0 spiro atoms. The molecule has 19 heavy (non-hydrogen) atoms. The minimum absolute atomic E-state index is 0.0155. The number of amides is 1. The van der Waals surface area contributed by atoms with E-state index in [9.17, 15) is 4.79 Å². The first kappa shape index (κ1) is 13.4. The van der Waals surface area contributed by atoms with Gasteiger partial charge in [0.2, 0.25) is 5.91 Å². The van der Waals surface area contributed by atoms with E-state index in [1.165, 1.54) is 0 Å². The third-order valence-electron chi connectivity index (χ3n) is 3.74. The standard InChI is InChI=1S/C12H19N5O2/c1-16(7-9-6-14-17(2)8-9)11(18)12(4-3-5-12)10(13)15-19/h6,8,19H,3-5,7H2,1-2H3,(H2,13,15). The summed E-state index contributed by atoms with van der Waals surface area (Å²) in [5, 5.41) is 15.9. The highest BCUT2D eigenvalue weighted by atomic mass is 16.4. The Morgan fingerprint density at radius 1 is 1.68 bits per heavy atom. The maximum Gasteiger partial charge on any atom is 0.236 e. The average molecular weight is 265 g/mol. The third-order valence-corrected chi connectivity index (χ3v) is 3.74. The van der Waals surface area contributed by atoms with Gasteiger partial charge in [-0.25, -0.2) is 0 Å². The van der Waals surface area contributed by atoms with E-state index in [0.29, 0.717) is 19.4 Å². The lowest BCUT2D eigenvalue weighted by molar-refractivity contribution is -0.141. The third kappa shape index (κ3) is 2.27. The van der Waals surface area contributed by atoms with Crippen LogP contribution in [0.2, 0.25) is 0 Å². The van der Waals surface area contributed by atoms with E-state index < -0.39 is 5.41 Å². The van der Waals surface area contributed by atoms with Crippen molar-refractivity contribution in [3.05, 3.63) is 18.0 Å². The second-order valence-electron chi connectivity index (χ2n) is 5.10. The number of aromatic nitrogens is 2. The number of oxime groups is 1. The normalized spacial score (nSPS) is 17.9. The van der Waals surface area contributed by atoms with Crippen molar-refractivity contribution in [2.45, 2.75) is 25.8 Å². The Hall–Kier alpha value is -2.05. The van der Waals surface area contributed by atoms with Gasteiger partial charge in [0.15, 0.2) is 5.84 Å². The van der Waals surface area contributed by atoms with Crippen LogP contribution in [0.25, 0.3) is 0 Å². The van der Waals surface area contributed by atoms with Gasteiger partial charge in [0.25, 0.3) is 0 Å². The summed E-state index contributed by atoms with van der Waals surface area (Å²) in [6, 6.07) is 0. The maximum absolute atomic E-state index is 12.5. The molecule has 0 atom stereocenters. The van der Waals surface area contributed by atoms with E-state index >= 15 is 0 Å². The molecule has 1 heterocycles. The molecule has 1 aliphatic rings. The smallest absolute Gasteiger partial charge is 0.236 e. The highest BCUT2D eigenvalue weighted by molar-refractivity contribution is 6.07. The molecular weight excluding hydrogens is 246 g/mol. The van der Waals surface area contributed by atoms with Gasteiger partial charge in [-0.2, -0.15) is 5.10 Å². The molecule has 1 fully saturated rings. The molecule has 1 aromatic heterocycles. The first-order chi connectivity index (χ1) is 8.99. The fourth-order valence-electron chi connectivity index (χ4n) is 2.47. The number of aryl methyl sites for hydroxylation is 1. The van der Waals surface area contributed by atoms with Crippen LogP contribution in [0.5, 0.6) is 0 Å². The molecule has 104 valence electrons. The Morgan fingerprint density at radius 3 is 2.79 bits per heavy atom. The van der Waals surface area contributed by atoms with Crippen LogP contribution in [0.1, 0.15) is 24.8 Å². The summed E-state index contributed by atoms with van der Waals surface area (Å²) in [5.74, 6) is -0.0836. The van der Waals surface area contributed by atoms with E-state index in [4.69, 9.17) is 10.9 Å². The molecule has 0 aliphatic heterocycles. The predicted octanol–water partition coefficient (Wildman–Crippen LogP) is 0.295. The van der Waals surface area contributed by atoms with Gasteiger partial charge < -0.3 is 15.8 Å². The number of carbonyl (C=O) groups is 1. The molecule has 1 amide bonds. The molecule has 0 radical (unpaired) electrons. The van der Waals surface area contributed by atoms with E-state index in [-0.39, 0.29) is 11.7 Å². The zero-order valence-electron chi connectivity index (χ0n) is 11.2. The van der Waals surface area contributed by atoms with Crippen LogP contribution in [0.4, 0.5) is 0 Å². The SMILES string of the molecule is CN(Cc1cnn(C)c1)C(=O)C1(C(N)=NO)CCC1. The zero-order valence-corrected chi connectivity index (χ0v) is 11.2. The summed E-state index contributed by atoms with van der Waals surface area (Å²) in [5.41, 5.74) is 5.82. The van der Waals surface area contributed by atoms with Gasteiger partial charge in [0, 0.05) is 32.4 Å². The monoisotopic (exact) mass is 265 g/mol. The summed E-state index contributed by atoms with van der Waals surface area (Å²) in [6.07, 6.45) is 5.78. The van der Waals surface area contributed by atoms with Crippen molar-refractivity contribution in [1.29, 1.82) is 0 Å². The molecular formula is C12H19N5O2. The fraction of sp³-hybridized carbons (Fsp3) is 0.583. The maximum atomic E-state index is 12.5. The van der Waals surface area contributed by atoms with E-state index in [1.54, 1.807) is 22.8 Å². The van der Waals surface area contributed by atoms with Crippen molar-refractivity contribution in [1.82, 2.24) is 14.7 Å². The first-order valence-electron chi connectivity index (χ1n) is 6.21. The Bertz CT molecular complexity index is 504. The minimum Gasteiger partial charge on any atom is -0.409 e. The zero-order chi connectivity index (χ0) is 14.0. The second-order valence-corrected chi connectivity index (χ2v) is 5.10. The van der Waals surface area contributed by atoms with Crippen LogP contribution in [0, 0.1) is 5.41 Å². The molecule has 2 rings (SSSR count). The largest absolute Gasteiger partial charge is 0.409 e. The molecule has 1 saturated carbocycles. The number of amidine groups is 1. The molecule has 7 heteroatoms. The number of carbonyl (C=O) groups excluding carboxylic acids is 1. The Balaban J connectivity index is 2.10. The van der Waals surface area contributed by atoms with Crippen molar-refractivity contribution in [3.63, 3.8) is 0 Å². The summed E-state index contributed by atoms with van der Waals surface area (Å²) in [7, 11) is 3.55. The number of hydrogen-bond acceptors (Lipinski definition) is 4. The topological polar surface area (TPSA) is 96.7 Å². The van der Waals surface area contributed by atoms with E-state index in [0.717, 1.165) is 12.0 Å². The van der Waals surface area contributed by atoms with Crippen LogP contribution in [0.15, 0.2) is 17.5 Å². The number of nitrogens with two attached hydrogens (primary N) is 1. The quantitative estimate of drug-likeness (QED) is 0.354. The Morgan fingerprint density at radius 2 is 2.37 bits per heavy atom. The van der Waals surface area contributed by atoms with Gasteiger partial charge in [-0.05, 0) is 12.8 Å². The van der Waals surface area contributed by atoms with Gasteiger partial charge in [0.05, 0.1) is 6.20 Å². The highest BCUT2D eigenvalue weighted by Gasteiger charge is 2.49. The van der Waals surface area contributed by atoms with Crippen molar-refractivity contribution in [2.24, 2.45) is 23.4 Å². The Kier molecular flexibility index (Phi) is 3.46. The van der Waals surface area contributed by atoms with Crippen LogP contribution in [0.3, 0.4) is 0 Å². The number of nitrogens with zero attached hydrogens (tertiary/aromatic N) is 4. The molecule has 0 unspecified atom stereocenters. The summed E-state index contributed by atoms with van der Waals surface area (Å²) < 4.78 is 1.69. The minimum atomic E-state index is -0.814. The van der Waals surface area contributed by atoms with Crippen molar-refractivity contribution >= 4 is 11.7 Å². The van der Waals surface area contributed by atoms with Gasteiger partial charge in [0.1, 0.15) is 5.41 Å². The molecule has 0 bridgehead atoms.